The Hall–Kier alpha value is -3.22. The van der Waals surface area contributed by atoms with Crippen LogP contribution in [-0.4, -0.2) is 42.0 Å². The molecular formula is C22H25FN4O2. The summed E-state index contributed by atoms with van der Waals surface area (Å²) >= 11 is 0. The lowest BCUT2D eigenvalue weighted by Gasteiger charge is -2.37. The van der Waals surface area contributed by atoms with Crippen LogP contribution < -0.4 is 5.32 Å². The molecule has 6 nitrogen and oxygen atoms in total. The number of carbonyl (C=O) groups excluding carboxylic acids is 1. The van der Waals surface area contributed by atoms with E-state index in [9.17, 15) is 9.18 Å². The van der Waals surface area contributed by atoms with E-state index in [1.165, 1.54) is 19.2 Å². The third-order valence-electron chi connectivity index (χ3n) is 4.87. The van der Waals surface area contributed by atoms with Crippen molar-refractivity contribution in [1.82, 2.24) is 15.2 Å². The Labute approximate surface area is 170 Å². The van der Waals surface area contributed by atoms with Crippen LogP contribution in [0.15, 0.2) is 64.9 Å². The number of methoxy groups -OCH3 is 1. The predicted molar refractivity (Wildman–Crippen MR) is 110 cm³/mol. The lowest BCUT2D eigenvalue weighted by molar-refractivity contribution is -0.136. The van der Waals surface area contributed by atoms with E-state index in [0.717, 1.165) is 11.4 Å². The highest BCUT2D eigenvalue weighted by Gasteiger charge is 2.34. The number of hydrogen-bond donors (Lipinski definition) is 1. The van der Waals surface area contributed by atoms with Crippen molar-refractivity contribution in [1.29, 1.82) is 0 Å². The van der Waals surface area contributed by atoms with Gasteiger partial charge in [0.05, 0.1) is 18.7 Å². The smallest absolute Gasteiger partial charge is 0.337 e. The molecule has 29 heavy (non-hydrogen) atoms. The first-order valence-corrected chi connectivity index (χ1v) is 9.58. The number of allylic oxidation sites excluding steroid dienone is 1. The largest absolute Gasteiger partial charge is 0.466 e. The molecule has 1 N–H and O–H groups in total. The normalized spacial score (nSPS) is 18.0. The molecule has 1 aromatic heterocycles. The first-order valence-electron chi connectivity index (χ1n) is 9.58. The van der Waals surface area contributed by atoms with Gasteiger partial charge in [0.15, 0.2) is 5.96 Å². The van der Waals surface area contributed by atoms with Crippen molar-refractivity contribution in [3.8, 4) is 0 Å². The standard InChI is InChI=1S/C22H25FN4O2/c1-4-27-15(2)19(21(28)29-3)20(16-8-7-9-17(23)14-16)26-22(27)25-13-11-18-10-5-6-12-24-18/h5-10,12,14,20H,4,11,13H2,1-3H3,(H,25,26)/t20-/m0/s1. The van der Waals surface area contributed by atoms with Gasteiger partial charge in [-0.25, -0.2) is 9.18 Å². The molecule has 152 valence electrons. The third kappa shape index (κ3) is 4.62. The van der Waals surface area contributed by atoms with Gasteiger partial charge < -0.3 is 15.0 Å². The van der Waals surface area contributed by atoms with Crippen LogP contribution in [-0.2, 0) is 16.0 Å². The van der Waals surface area contributed by atoms with Crippen LogP contribution in [0.5, 0.6) is 0 Å². The number of hydrogen-bond acceptors (Lipinski definition) is 4. The quantitative estimate of drug-likeness (QED) is 0.760. The van der Waals surface area contributed by atoms with Gasteiger partial charge in [0, 0.05) is 37.1 Å². The molecule has 0 radical (unpaired) electrons. The molecular weight excluding hydrogens is 371 g/mol. The van der Waals surface area contributed by atoms with Crippen LogP contribution >= 0.6 is 0 Å². The minimum absolute atomic E-state index is 0.363. The maximum atomic E-state index is 13.9. The van der Waals surface area contributed by atoms with Crippen molar-refractivity contribution < 1.29 is 13.9 Å². The molecule has 0 fully saturated rings. The fourth-order valence-corrected chi connectivity index (χ4v) is 3.44. The van der Waals surface area contributed by atoms with Crippen molar-refractivity contribution in [2.75, 3.05) is 20.2 Å². The Morgan fingerprint density at radius 2 is 2.14 bits per heavy atom. The molecule has 1 aliphatic rings. The number of pyridine rings is 1. The van der Waals surface area contributed by atoms with Crippen molar-refractivity contribution in [2.45, 2.75) is 26.3 Å². The average Bonchev–Trinajstić information content (AvgIpc) is 2.73. The van der Waals surface area contributed by atoms with Gasteiger partial charge in [0.2, 0.25) is 0 Å². The minimum Gasteiger partial charge on any atom is -0.466 e. The van der Waals surface area contributed by atoms with Gasteiger partial charge in [-0.1, -0.05) is 18.2 Å². The van der Waals surface area contributed by atoms with Crippen LogP contribution in [0.25, 0.3) is 0 Å². The van der Waals surface area contributed by atoms with E-state index in [1.807, 2.05) is 36.9 Å². The van der Waals surface area contributed by atoms with E-state index in [0.29, 0.717) is 36.6 Å². The molecule has 0 saturated carbocycles. The summed E-state index contributed by atoms with van der Waals surface area (Å²) in [5.41, 5.74) is 2.78. The molecule has 0 aliphatic carbocycles. The van der Waals surface area contributed by atoms with Crippen molar-refractivity contribution in [2.24, 2.45) is 4.99 Å². The Morgan fingerprint density at radius 1 is 1.31 bits per heavy atom. The molecule has 3 rings (SSSR count). The lowest BCUT2D eigenvalue weighted by Crippen LogP contribution is -2.49. The summed E-state index contributed by atoms with van der Waals surface area (Å²) in [5, 5.41) is 3.31. The molecule has 1 atom stereocenters. The van der Waals surface area contributed by atoms with Crippen LogP contribution in [0.2, 0.25) is 0 Å². The topological polar surface area (TPSA) is 66.8 Å². The van der Waals surface area contributed by atoms with Crippen molar-refractivity contribution >= 4 is 11.9 Å². The van der Waals surface area contributed by atoms with E-state index in [1.54, 1.807) is 18.3 Å². The molecule has 2 heterocycles. The fraction of sp³-hybridized carbons (Fsp3) is 0.318. The Morgan fingerprint density at radius 3 is 2.79 bits per heavy atom. The molecule has 1 aliphatic heterocycles. The number of aromatic nitrogens is 1. The van der Waals surface area contributed by atoms with Gasteiger partial charge >= 0.3 is 5.97 Å². The molecule has 0 unspecified atom stereocenters. The zero-order valence-electron chi connectivity index (χ0n) is 16.9. The number of nitrogens with one attached hydrogen (secondary N) is 1. The molecule has 0 bridgehead atoms. The number of rotatable bonds is 6. The summed E-state index contributed by atoms with van der Waals surface area (Å²) < 4.78 is 18.9. The number of esters is 1. The predicted octanol–water partition coefficient (Wildman–Crippen LogP) is 3.23. The van der Waals surface area contributed by atoms with Crippen LogP contribution in [0.3, 0.4) is 0 Å². The molecule has 7 heteroatoms. The highest BCUT2D eigenvalue weighted by Crippen LogP contribution is 2.31. The molecule has 0 amide bonds. The number of carbonyl (C=O) groups is 1. The van der Waals surface area contributed by atoms with E-state index >= 15 is 0 Å². The number of guanidine groups is 1. The molecule has 1 aromatic carbocycles. The zero-order valence-corrected chi connectivity index (χ0v) is 16.9. The number of nitrogens with zero attached hydrogens (tertiary/aromatic N) is 3. The van der Waals surface area contributed by atoms with Gasteiger partial charge in [-0.05, 0) is 43.7 Å². The second-order valence-electron chi connectivity index (χ2n) is 6.64. The fourth-order valence-electron chi connectivity index (χ4n) is 3.44. The van der Waals surface area contributed by atoms with E-state index < -0.39 is 12.0 Å². The minimum atomic E-state index is -0.547. The van der Waals surface area contributed by atoms with Crippen LogP contribution in [0, 0.1) is 5.82 Å². The third-order valence-corrected chi connectivity index (χ3v) is 4.87. The van der Waals surface area contributed by atoms with Crippen molar-refractivity contribution in [3.05, 3.63) is 77.0 Å². The van der Waals surface area contributed by atoms with Gasteiger partial charge in [-0.3, -0.25) is 9.98 Å². The maximum absolute atomic E-state index is 13.9. The van der Waals surface area contributed by atoms with Gasteiger partial charge in [0.1, 0.15) is 5.82 Å². The summed E-state index contributed by atoms with van der Waals surface area (Å²) in [5.74, 6) is -0.171. The second kappa shape index (κ2) is 9.32. The maximum Gasteiger partial charge on any atom is 0.337 e. The van der Waals surface area contributed by atoms with Gasteiger partial charge in [-0.15, -0.1) is 0 Å². The monoisotopic (exact) mass is 396 g/mol. The Balaban J connectivity index is 1.95. The molecule has 2 aromatic rings. The SMILES string of the molecule is CCN1C(=NCCc2ccccn2)N[C@@H](c2cccc(F)c2)C(C(=O)OC)=C1C. The highest BCUT2D eigenvalue weighted by atomic mass is 19.1. The average molecular weight is 396 g/mol. The van der Waals surface area contributed by atoms with E-state index in [4.69, 9.17) is 9.73 Å². The number of aliphatic imine (C=N–C) groups is 1. The van der Waals surface area contributed by atoms with E-state index in [2.05, 4.69) is 10.3 Å². The van der Waals surface area contributed by atoms with E-state index in [-0.39, 0.29) is 5.82 Å². The highest BCUT2D eigenvalue weighted by molar-refractivity contribution is 5.96. The summed E-state index contributed by atoms with van der Waals surface area (Å²) in [4.78, 5) is 23.5. The van der Waals surface area contributed by atoms with Gasteiger partial charge in [0.25, 0.3) is 0 Å². The summed E-state index contributed by atoms with van der Waals surface area (Å²) in [6.45, 7) is 5.00. The lowest BCUT2D eigenvalue weighted by atomic mass is 9.94. The van der Waals surface area contributed by atoms with Crippen LogP contribution in [0.4, 0.5) is 4.39 Å². The number of benzene rings is 1. The van der Waals surface area contributed by atoms with Gasteiger partial charge in [-0.2, -0.15) is 0 Å². The summed E-state index contributed by atoms with van der Waals surface area (Å²) in [6.07, 6.45) is 2.45. The first-order chi connectivity index (χ1) is 14.0. The summed E-state index contributed by atoms with van der Waals surface area (Å²) in [6, 6.07) is 11.4. The Bertz CT molecular complexity index is 927. The Kier molecular flexibility index (Phi) is 6.59. The number of halogens is 1. The molecule has 0 saturated heterocycles. The number of ether oxygens (including phenoxy) is 1. The second-order valence-corrected chi connectivity index (χ2v) is 6.64. The van der Waals surface area contributed by atoms with Crippen LogP contribution in [0.1, 0.15) is 31.1 Å². The molecule has 0 spiro atoms. The van der Waals surface area contributed by atoms with Crippen molar-refractivity contribution in [3.63, 3.8) is 0 Å². The first kappa shape index (κ1) is 20.5. The summed E-state index contributed by atoms with van der Waals surface area (Å²) in [7, 11) is 1.35. The zero-order chi connectivity index (χ0) is 20.8.